The molecule has 3 aromatic rings. The molecule has 0 spiro atoms. The van der Waals surface area contributed by atoms with Gasteiger partial charge in [0.1, 0.15) is 0 Å². The van der Waals surface area contributed by atoms with Gasteiger partial charge in [-0.1, -0.05) is 54.6 Å². The van der Waals surface area contributed by atoms with Gasteiger partial charge in [-0.3, -0.25) is 9.59 Å². The van der Waals surface area contributed by atoms with Gasteiger partial charge in [0.05, 0.1) is 5.56 Å². The molecule has 1 N–H and O–H groups in total. The fraction of sp³-hybridized carbons (Fsp3) is 0.200. The van der Waals surface area contributed by atoms with Gasteiger partial charge in [0.25, 0.3) is 11.8 Å². The van der Waals surface area contributed by atoms with Gasteiger partial charge < -0.3 is 10.2 Å². The first-order chi connectivity index (χ1) is 14.6. The molecule has 0 bridgehead atoms. The summed E-state index contributed by atoms with van der Waals surface area (Å²) < 4.78 is 0. The molecule has 0 saturated carbocycles. The van der Waals surface area contributed by atoms with Gasteiger partial charge in [-0.25, -0.2) is 0 Å². The first-order valence-corrected chi connectivity index (χ1v) is 10.6. The highest BCUT2D eigenvalue weighted by atomic mass is 32.1. The molecular formula is C25H24N2O2S. The minimum Gasteiger partial charge on any atom is -0.349 e. The maximum atomic E-state index is 12.7. The first kappa shape index (κ1) is 20.2. The lowest BCUT2D eigenvalue weighted by atomic mass is 10.0. The number of carbonyl (C=O) groups is 2. The van der Waals surface area contributed by atoms with Crippen molar-refractivity contribution in [3.63, 3.8) is 0 Å². The predicted octanol–water partition coefficient (Wildman–Crippen LogP) is 4.68. The highest BCUT2D eigenvalue weighted by Gasteiger charge is 2.25. The Labute approximate surface area is 182 Å². The topological polar surface area (TPSA) is 49.4 Å². The van der Waals surface area contributed by atoms with Crippen molar-refractivity contribution >= 4 is 24.4 Å². The van der Waals surface area contributed by atoms with E-state index in [-0.39, 0.29) is 17.9 Å². The van der Waals surface area contributed by atoms with Crippen LogP contribution in [0.3, 0.4) is 0 Å². The normalized spacial score (nSPS) is 14.4. The molecule has 3 aromatic carbocycles. The summed E-state index contributed by atoms with van der Waals surface area (Å²) in [6, 6.07) is 25.2. The molecule has 1 fully saturated rings. The minimum atomic E-state index is -0.0694. The van der Waals surface area contributed by atoms with Crippen LogP contribution >= 0.6 is 12.6 Å². The number of hydrogen-bond acceptors (Lipinski definition) is 3. The predicted molar refractivity (Wildman–Crippen MR) is 122 cm³/mol. The van der Waals surface area contributed by atoms with Gasteiger partial charge in [-0.15, -0.1) is 12.6 Å². The Morgan fingerprint density at radius 3 is 2.07 bits per heavy atom. The van der Waals surface area contributed by atoms with Crippen molar-refractivity contribution in [1.82, 2.24) is 10.2 Å². The van der Waals surface area contributed by atoms with Gasteiger partial charge in [0, 0.05) is 29.6 Å². The lowest BCUT2D eigenvalue weighted by Gasteiger charge is -2.32. The second kappa shape index (κ2) is 9.18. The van der Waals surface area contributed by atoms with Crippen LogP contribution in [0.1, 0.15) is 33.6 Å². The number of carbonyl (C=O) groups excluding carboxylic acids is 2. The Morgan fingerprint density at radius 2 is 1.40 bits per heavy atom. The first-order valence-electron chi connectivity index (χ1n) is 10.2. The fourth-order valence-electron chi connectivity index (χ4n) is 3.77. The van der Waals surface area contributed by atoms with Crippen LogP contribution in [0.5, 0.6) is 0 Å². The minimum absolute atomic E-state index is 0.00174. The molecule has 2 amide bonds. The zero-order chi connectivity index (χ0) is 20.9. The summed E-state index contributed by atoms with van der Waals surface area (Å²) in [6.07, 6.45) is 1.49. The van der Waals surface area contributed by atoms with E-state index in [1.54, 1.807) is 6.07 Å². The van der Waals surface area contributed by atoms with Crippen molar-refractivity contribution in [2.45, 2.75) is 23.8 Å². The van der Waals surface area contributed by atoms with Crippen LogP contribution in [-0.4, -0.2) is 35.8 Å². The molecular weight excluding hydrogens is 392 g/mol. The van der Waals surface area contributed by atoms with Crippen LogP contribution in [0, 0.1) is 0 Å². The number of likely N-dealkylation sites (tertiary alicyclic amines) is 1. The molecule has 152 valence electrons. The van der Waals surface area contributed by atoms with E-state index in [1.165, 1.54) is 0 Å². The molecule has 4 rings (SSSR count). The van der Waals surface area contributed by atoms with E-state index in [0.717, 1.165) is 24.0 Å². The van der Waals surface area contributed by atoms with E-state index in [0.29, 0.717) is 29.1 Å². The van der Waals surface area contributed by atoms with Gasteiger partial charge in [-0.2, -0.15) is 0 Å². The third-order valence-corrected chi connectivity index (χ3v) is 5.90. The van der Waals surface area contributed by atoms with Crippen LogP contribution in [0.2, 0.25) is 0 Å². The third-order valence-electron chi connectivity index (χ3n) is 5.51. The second-order valence-corrected chi connectivity index (χ2v) is 7.98. The van der Waals surface area contributed by atoms with Crippen LogP contribution in [0.25, 0.3) is 11.1 Å². The van der Waals surface area contributed by atoms with Gasteiger partial charge in [-0.05, 0) is 48.2 Å². The molecule has 0 unspecified atom stereocenters. The molecule has 30 heavy (non-hydrogen) atoms. The SMILES string of the molecule is O=C(NC1CCN(C(=O)c2ccccc2S)CC1)c1ccc(-c2ccccc2)cc1. The number of nitrogens with zero attached hydrogens (tertiary/aromatic N) is 1. The van der Waals surface area contributed by atoms with Gasteiger partial charge in [0.2, 0.25) is 0 Å². The van der Waals surface area contributed by atoms with Crippen molar-refractivity contribution in [2.75, 3.05) is 13.1 Å². The summed E-state index contributed by atoms with van der Waals surface area (Å²) in [5.41, 5.74) is 3.49. The number of hydrogen-bond donors (Lipinski definition) is 2. The summed E-state index contributed by atoms with van der Waals surface area (Å²) in [5.74, 6) is -0.0676. The van der Waals surface area contributed by atoms with Crippen molar-refractivity contribution in [3.8, 4) is 11.1 Å². The van der Waals surface area contributed by atoms with Crippen LogP contribution in [-0.2, 0) is 0 Å². The Kier molecular flexibility index (Phi) is 6.19. The largest absolute Gasteiger partial charge is 0.349 e. The van der Waals surface area contributed by atoms with Gasteiger partial charge in [0.15, 0.2) is 0 Å². The van der Waals surface area contributed by atoms with Crippen LogP contribution in [0.15, 0.2) is 83.8 Å². The smallest absolute Gasteiger partial charge is 0.254 e. The van der Waals surface area contributed by atoms with E-state index in [2.05, 4.69) is 30.1 Å². The average molecular weight is 417 g/mol. The van der Waals surface area contributed by atoms with Crippen molar-refractivity contribution in [2.24, 2.45) is 0 Å². The standard InChI is InChI=1S/C25H24N2O2S/c28-24(20-12-10-19(11-13-20)18-6-2-1-3-7-18)26-21-14-16-27(17-15-21)25(29)22-8-4-5-9-23(22)30/h1-13,21,30H,14-17H2,(H,26,28). The zero-order valence-electron chi connectivity index (χ0n) is 16.6. The molecule has 0 atom stereocenters. The van der Waals surface area contributed by atoms with E-state index >= 15 is 0 Å². The Hall–Kier alpha value is -3.05. The highest BCUT2D eigenvalue weighted by molar-refractivity contribution is 7.80. The van der Waals surface area contributed by atoms with Crippen LogP contribution in [0.4, 0.5) is 0 Å². The highest BCUT2D eigenvalue weighted by Crippen LogP contribution is 2.21. The summed E-state index contributed by atoms with van der Waals surface area (Å²) in [6.45, 7) is 1.25. The Morgan fingerprint density at radius 1 is 0.800 bits per heavy atom. The maximum Gasteiger partial charge on any atom is 0.254 e. The zero-order valence-corrected chi connectivity index (χ0v) is 17.5. The fourth-order valence-corrected chi connectivity index (χ4v) is 4.02. The van der Waals surface area contributed by atoms with Crippen molar-refractivity contribution < 1.29 is 9.59 Å². The average Bonchev–Trinajstić information content (AvgIpc) is 2.80. The Bertz CT molecular complexity index is 1030. The second-order valence-electron chi connectivity index (χ2n) is 7.50. The number of rotatable bonds is 4. The molecule has 0 aromatic heterocycles. The molecule has 1 saturated heterocycles. The number of nitrogens with one attached hydrogen (secondary N) is 1. The maximum absolute atomic E-state index is 12.7. The number of amides is 2. The van der Waals surface area contributed by atoms with E-state index in [9.17, 15) is 9.59 Å². The van der Waals surface area contributed by atoms with Gasteiger partial charge >= 0.3 is 0 Å². The summed E-state index contributed by atoms with van der Waals surface area (Å²) in [7, 11) is 0. The van der Waals surface area contributed by atoms with E-state index in [1.807, 2.05) is 65.6 Å². The lowest BCUT2D eigenvalue weighted by Crippen LogP contribution is -2.46. The van der Waals surface area contributed by atoms with E-state index < -0.39 is 0 Å². The molecule has 4 nitrogen and oxygen atoms in total. The quantitative estimate of drug-likeness (QED) is 0.607. The summed E-state index contributed by atoms with van der Waals surface area (Å²) >= 11 is 4.39. The number of piperidine rings is 1. The molecule has 0 radical (unpaired) electrons. The third kappa shape index (κ3) is 4.57. The summed E-state index contributed by atoms with van der Waals surface area (Å²) in [4.78, 5) is 27.9. The van der Waals surface area contributed by atoms with Crippen LogP contribution < -0.4 is 5.32 Å². The Balaban J connectivity index is 1.32. The van der Waals surface area contributed by atoms with Crippen molar-refractivity contribution in [1.29, 1.82) is 0 Å². The monoisotopic (exact) mass is 416 g/mol. The molecule has 1 heterocycles. The number of thiol groups is 1. The molecule has 1 aliphatic heterocycles. The van der Waals surface area contributed by atoms with E-state index in [4.69, 9.17) is 0 Å². The lowest BCUT2D eigenvalue weighted by molar-refractivity contribution is 0.0695. The molecule has 0 aliphatic carbocycles. The van der Waals surface area contributed by atoms with Crippen molar-refractivity contribution in [3.05, 3.63) is 90.0 Å². The molecule has 5 heteroatoms. The number of benzene rings is 3. The summed E-state index contributed by atoms with van der Waals surface area (Å²) in [5, 5.41) is 3.11. The molecule has 1 aliphatic rings.